The monoisotopic (exact) mass is 243 g/mol. The molecule has 4 heteroatoms. The topological polar surface area (TPSA) is 66.4 Å². The van der Waals surface area contributed by atoms with Crippen molar-refractivity contribution in [3.8, 4) is 0 Å². The second kappa shape index (κ2) is 3.70. The minimum Gasteiger partial charge on any atom is -0.481 e. The molecule has 1 aromatic carbocycles. The third kappa shape index (κ3) is 1.26. The molecule has 92 valence electrons. The Morgan fingerprint density at radius 1 is 1.33 bits per heavy atom. The molecule has 1 heterocycles. The van der Waals surface area contributed by atoms with Crippen molar-refractivity contribution in [3.05, 3.63) is 42.0 Å². The number of fused-ring (bicyclic) bond motifs is 2. The van der Waals surface area contributed by atoms with E-state index in [4.69, 9.17) is 0 Å². The van der Waals surface area contributed by atoms with Gasteiger partial charge in [-0.1, -0.05) is 30.4 Å². The Balaban J connectivity index is 2.21. The molecule has 1 aliphatic carbocycles. The fourth-order valence-electron chi connectivity index (χ4n) is 3.04. The lowest BCUT2D eigenvalue weighted by Crippen LogP contribution is -2.46. The normalized spacial score (nSPS) is 29.1. The zero-order chi connectivity index (χ0) is 12.8. The minimum atomic E-state index is -0.933. The number of hydrogen-bond acceptors (Lipinski definition) is 2. The molecule has 0 saturated heterocycles. The Labute approximate surface area is 104 Å². The quantitative estimate of drug-likeness (QED) is 0.740. The van der Waals surface area contributed by atoms with Crippen LogP contribution < -0.4 is 5.32 Å². The van der Waals surface area contributed by atoms with E-state index in [0.29, 0.717) is 12.8 Å². The lowest BCUT2D eigenvalue weighted by molar-refractivity contribution is -0.147. The molecule has 1 spiro atoms. The molecular formula is C14H13NO3. The largest absolute Gasteiger partial charge is 0.481 e. The number of carboxylic acid groups (broad SMARTS) is 1. The van der Waals surface area contributed by atoms with Gasteiger partial charge in [-0.05, 0) is 24.5 Å². The lowest BCUT2D eigenvalue weighted by atomic mass is 9.65. The minimum absolute atomic E-state index is 0.194. The first-order valence-electron chi connectivity index (χ1n) is 5.95. The summed E-state index contributed by atoms with van der Waals surface area (Å²) in [6, 6.07) is 7.35. The van der Waals surface area contributed by atoms with Gasteiger partial charge in [-0.15, -0.1) is 0 Å². The number of hydrogen-bond donors (Lipinski definition) is 2. The Morgan fingerprint density at radius 3 is 2.89 bits per heavy atom. The van der Waals surface area contributed by atoms with Crippen LogP contribution in [0.3, 0.4) is 0 Å². The molecule has 0 bridgehead atoms. The summed E-state index contributed by atoms with van der Waals surface area (Å²) in [6.07, 6.45) is 4.60. The number of carbonyl (C=O) groups excluding carboxylic acids is 1. The second-order valence-electron chi connectivity index (χ2n) is 4.77. The molecule has 2 aliphatic rings. The van der Waals surface area contributed by atoms with Gasteiger partial charge in [0.1, 0.15) is 0 Å². The SMILES string of the molecule is O=C(O)C1CC=CCC12C(=O)Nc1ccccc12. The van der Waals surface area contributed by atoms with E-state index in [0.717, 1.165) is 11.3 Å². The smallest absolute Gasteiger partial charge is 0.308 e. The van der Waals surface area contributed by atoms with Gasteiger partial charge < -0.3 is 10.4 Å². The van der Waals surface area contributed by atoms with Gasteiger partial charge >= 0.3 is 5.97 Å². The third-order valence-corrected chi connectivity index (χ3v) is 3.93. The van der Waals surface area contributed by atoms with Crippen molar-refractivity contribution in [3.63, 3.8) is 0 Å². The second-order valence-corrected chi connectivity index (χ2v) is 4.77. The van der Waals surface area contributed by atoms with Gasteiger partial charge in [-0.2, -0.15) is 0 Å². The van der Waals surface area contributed by atoms with Crippen LogP contribution in [0, 0.1) is 5.92 Å². The summed E-state index contributed by atoms with van der Waals surface area (Å²) in [4.78, 5) is 23.8. The van der Waals surface area contributed by atoms with Gasteiger partial charge in [0.25, 0.3) is 0 Å². The van der Waals surface area contributed by atoms with E-state index in [1.807, 2.05) is 36.4 Å². The third-order valence-electron chi connectivity index (χ3n) is 3.93. The predicted molar refractivity (Wildman–Crippen MR) is 66.2 cm³/mol. The number of aliphatic carboxylic acids is 1. The van der Waals surface area contributed by atoms with Crippen LogP contribution in [0.1, 0.15) is 18.4 Å². The molecule has 1 aromatic rings. The van der Waals surface area contributed by atoms with Crippen molar-refractivity contribution >= 4 is 17.6 Å². The molecule has 2 atom stereocenters. The number of benzene rings is 1. The fourth-order valence-corrected chi connectivity index (χ4v) is 3.04. The van der Waals surface area contributed by atoms with E-state index >= 15 is 0 Å². The zero-order valence-electron chi connectivity index (χ0n) is 9.72. The van der Waals surface area contributed by atoms with Gasteiger partial charge in [-0.25, -0.2) is 0 Å². The maximum atomic E-state index is 12.3. The average Bonchev–Trinajstić information content (AvgIpc) is 2.64. The van der Waals surface area contributed by atoms with E-state index < -0.39 is 17.3 Å². The standard InChI is InChI=1S/C14H13NO3/c16-12(17)10-6-3-4-8-14(10)9-5-1-2-7-11(9)15-13(14)18/h1-5,7,10H,6,8H2,(H,15,18)(H,16,17). The highest BCUT2D eigenvalue weighted by molar-refractivity contribution is 6.08. The number of anilines is 1. The van der Waals surface area contributed by atoms with Crippen LogP contribution in [0.2, 0.25) is 0 Å². The summed E-state index contributed by atoms with van der Waals surface area (Å²) >= 11 is 0. The number of para-hydroxylation sites is 1. The van der Waals surface area contributed by atoms with Gasteiger partial charge in [-0.3, -0.25) is 9.59 Å². The summed E-state index contributed by atoms with van der Waals surface area (Å²) in [6.45, 7) is 0. The summed E-state index contributed by atoms with van der Waals surface area (Å²) in [5.74, 6) is -1.79. The van der Waals surface area contributed by atoms with Crippen LogP contribution >= 0.6 is 0 Å². The number of nitrogens with one attached hydrogen (secondary N) is 1. The first-order valence-corrected chi connectivity index (χ1v) is 5.95. The Morgan fingerprint density at radius 2 is 2.11 bits per heavy atom. The summed E-state index contributed by atoms with van der Waals surface area (Å²) in [5.41, 5.74) is 0.618. The lowest BCUT2D eigenvalue weighted by Gasteiger charge is -2.34. The van der Waals surface area contributed by atoms with E-state index in [1.54, 1.807) is 0 Å². The Bertz CT molecular complexity index is 564. The van der Waals surface area contributed by atoms with Crippen LogP contribution in [-0.4, -0.2) is 17.0 Å². The maximum absolute atomic E-state index is 12.3. The van der Waals surface area contributed by atoms with Crippen molar-refractivity contribution in [1.29, 1.82) is 0 Å². The van der Waals surface area contributed by atoms with Crippen LogP contribution in [0.25, 0.3) is 0 Å². The first kappa shape index (κ1) is 11.0. The van der Waals surface area contributed by atoms with Crippen LogP contribution in [-0.2, 0) is 15.0 Å². The van der Waals surface area contributed by atoms with Crippen molar-refractivity contribution < 1.29 is 14.7 Å². The average molecular weight is 243 g/mol. The van der Waals surface area contributed by atoms with Gasteiger partial charge in [0.2, 0.25) is 5.91 Å². The number of carbonyl (C=O) groups is 2. The summed E-state index contributed by atoms with van der Waals surface area (Å²) < 4.78 is 0. The summed E-state index contributed by atoms with van der Waals surface area (Å²) in [5, 5.41) is 12.2. The van der Waals surface area contributed by atoms with Gasteiger partial charge in [0.15, 0.2) is 0 Å². The molecule has 2 N–H and O–H groups in total. The predicted octanol–water partition coefficient (Wildman–Crippen LogP) is 1.93. The van der Waals surface area contributed by atoms with Crippen LogP contribution in [0.5, 0.6) is 0 Å². The molecule has 2 unspecified atom stereocenters. The zero-order valence-corrected chi connectivity index (χ0v) is 9.72. The maximum Gasteiger partial charge on any atom is 0.308 e. The molecule has 0 fully saturated rings. The first-order chi connectivity index (χ1) is 8.66. The Kier molecular flexibility index (Phi) is 2.26. The molecule has 4 nitrogen and oxygen atoms in total. The van der Waals surface area contributed by atoms with Crippen molar-refractivity contribution in [1.82, 2.24) is 0 Å². The van der Waals surface area contributed by atoms with Crippen LogP contribution in [0.4, 0.5) is 5.69 Å². The molecule has 0 radical (unpaired) electrons. The number of allylic oxidation sites excluding steroid dienone is 2. The van der Waals surface area contributed by atoms with E-state index in [1.165, 1.54) is 0 Å². The van der Waals surface area contributed by atoms with Crippen molar-refractivity contribution in [2.75, 3.05) is 5.32 Å². The number of rotatable bonds is 1. The summed E-state index contributed by atoms with van der Waals surface area (Å²) in [7, 11) is 0. The molecule has 1 aliphatic heterocycles. The number of carboxylic acids is 1. The van der Waals surface area contributed by atoms with Gasteiger partial charge in [0.05, 0.1) is 11.3 Å². The number of amides is 1. The van der Waals surface area contributed by atoms with Crippen molar-refractivity contribution in [2.24, 2.45) is 5.92 Å². The fraction of sp³-hybridized carbons (Fsp3) is 0.286. The molecule has 3 rings (SSSR count). The molecule has 1 amide bonds. The van der Waals surface area contributed by atoms with Crippen molar-refractivity contribution in [2.45, 2.75) is 18.3 Å². The molecule has 0 saturated carbocycles. The van der Waals surface area contributed by atoms with Crippen LogP contribution in [0.15, 0.2) is 36.4 Å². The Hall–Kier alpha value is -2.10. The highest BCUT2D eigenvalue weighted by atomic mass is 16.4. The molecule has 18 heavy (non-hydrogen) atoms. The van der Waals surface area contributed by atoms with E-state index in [2.05, 4.69) is 5.32 Å². The molecule has 0 aromatic heterocycles. The van der Waals surface area contributed by atoms with Gasteiger partial charge in [0, 0.05) is 5.69 Å². The highest BCUT2D eigenvalue weighted by Gasteiger charge is 2.54. The highest BCUT2D eigenvalue weighted by Crippen LogP contribution is 2.48. The molecular weight excluding hydrogens is 230 g/mol. The van der Waals surface area contributed by atoms with E-state index in [-0.39, 0.29) is 5.91 Å². The van der Waals surface area contributed by atoms with E-state index in [9.17, 15) is 14.7 Å².